The molecule has 8 heteroatoms. The molecule has 0 saturated carbocycles. The van der Waals surface area contributed by atoms with Gasteiger partial charge in [-0.3, -0.25) is 15.3 Å². The topological polar surface area (TPSA) is 62.2 Å². The van der Waals surface area contributed by atoms with Gasteiger partial charge >= 0.3 is 0 Å². The Labute approximate surface area is 152 Å². The van der Waals surface area contributed by atoms with Crippen LogP contribution in [0.1, 0.15) is 11.3 Å². The Morgan fingerprint density at radius 2 is 1.92 bits per heavy atom. The predicted molar refractivity (Wildman–Crippen MR) is 98.8 cm³/mol. The van der Waals surface area contributed by atoms with Crippen LogP contribution in [-0.2, 0) is 0 Å². The average molecular weight is 379 g/mol. The summed E-state index contributed by atoms with van der Waals surface area (Å²) < 4.78 is 14.4. The van der Waals surface area contributed by atoms with Crippen molar-refractivity contribution in [3.05, 3.63) is 79.9 Å². The maximum atomic E-state index is 13.0. The van der Waals surface area contributed by atoms with Gasteiger partial charge in [0.1, 0.15) is 5.82 Å². The first-order chi connectivity index (χ1) is 12.0. The number of H-pyrrole nitrogens is 1. The van der Waals surface area contributed by atoms with E-state index < -0.39 is 0 Å². The van der Waals surface area contributed by atoms with Crippen LogP contribution in [0.15, 0.2) is 52.4 Å². The summed E-state index contributed by atoms with van der Waals surface area (Å²) in [5.41, 5.74) is 4.50. The van der Waals surface area contributed by atoms with Crippen LogP contribution in [0.4, 0.5) is 10.1 Å². The van der Waals surface area contributed by atoms with Crippen molar-refractivity contribution in [3.63, 3.8) is 0 Å². The minimum atomic E-state index is -0.371. The van der Waals surface area contributed by atoms with E-state index in [1.165, 1.54) is 35.2 Å². The number of halogens is 3. The summed E-state index contributed by atoms with van der Waals surface area (Å²) in [6, 6.07) is 10.5. The van der Waals surface area contributed by atoms with Crippen molar-refractivity contribution in [1.82, 2.24) is 9.78 Å². The van der Waals surface area contributed by atoms with Crippen LogP contribution >= 0.6 is 23.2 Å². The fourth-order valence-electron chi connectivity index (χ4n) is 2.23. The predicted octanol–water partition coefficient (Wildman–Crippen LogP) is 4.37. The van der Waals surface area contributed by atoms with Gasteiger partial charge in [0, 0.05) is 10.7 Å². The van der Waals surface area contributed by atoms with E-state index in [0.29, 0.717) is 32.7 Å². The lowest BCUT2D eigenvalue weighted by atomic mass is 10.3. The third kappa shape index (κ3) is 3.75. The molecule has 0 amide bonds. The molecule has 0 atom stereocenters. The summed E-state index contributed by atoms with van der Waals surface area (Å²) in [7, 11) is 0. The van der Waals surface area contributed by atoms with Crippen LogP contribution in [-0.4, -0.2) is 16.0 Å². The molecule has 1 aromatic heterocycles. The van der Waals surface area contributed by atoms with E-state index in [4.69, 9.17) is 23.2 Å². The van der Waals surface area contributed by atoms with E-state index in [0.717, 1.165) is 0 Å². The smallest absolute Gasteiger partial charge is 0.280 e. The van der Waals surface area contributed by atoms with Crippen molar-refractivity contribution >= 4 is 35.1 Å². The monoisotopic (exact) mass is 378 g/mol. The number of benzene rings is 2. The standard InChI is InChI=1S/C17H13Cl2FN4O/c1-10-14(9-21-22-16-8-11(18)2-7-15(16)19)17(25)24(23-10)13-5-3-12(20)4-6-13/h2-9,22-23H,1H3/b21-9+. The molecule has 3 rings (SSSR count). The number of hydrogen-bond donors (Lipinski definition) is 2. The quantitative estimate of drug-likeness (QED) is 0.523. The normalized spacial score (nSPS) is 11.2. The van der Waals surface area contributed by atoms with Crippen molar-refractivity contribution < 1.29 is 4.39 Å². The molecule has 0 aliphatic heterocycles. The van der Waals surface area contributed by atoms with Gasteiger partial charge in [0.15, 0.2) is 0 Å². The van der Waals surface area contributed by atoms with E-state index in [1.54, 1.807) is 25.1 Å². The summed E-state index contributed by atoms with van der Waals surface area (Å²) in [5.74, 6) is -0.371. The maximum Gasteiger partial charge on any atom is 0.280 e. The molecule has 0 radical (unpaired) electrons. The van der Waals surface area contributed by atoms with Crippen LogP contribution in [0.2, 0.25) is 10.0 Å². The Balaban J connectivity index is 1.87. The van der Waals surface area contributed by atoms with Crippen molar-refractivity contribution in [2.75, 3.05) is 5.43 Å². The van der Waals surface area contributed by atoms with Crippen LogP contribution in [0.5, 0.6) is 0 Å². The summed E-state index contributed by atoms with van der Waals surface area (Å²) in [6.45, 7) is 1.75. The lowest BCUT2D eigenvalue weighted by Gasteiger charge is -2.02. The van der Waals surface area contributed by atoms with Gasteiger partial charge in [-0.25, -0.2) is 9.07 Å². The number of aromatic nitrogens is 2. The number of nitrogens with zero attached hydrogens (tertiary/aromatic N) is 2. The fourth-order valence-corrected chi connectivity index (χ4v) is 2.57. The Hall–Kier alpha value is -2.57. The van der Waals surface area contributed by atoms with E-state index in [2.05, 4.69) is 15.6 Å². The van der Waals surface area contributed by atoms with Gasteiger partial charge < -0.3 is 0 Å². The molecule has 0 aliphatic carbocycles. The molecule has 0 fully saturated rings. The maximum absolute atomic E-state index is 13.0. The van der Waals surface area contributed by atoms with Gasteiger partial charge in [-0.1, -0.05) is 23.2 Å². The zero-order valence-corrected chi connectivity index (χ0v) is 14.6. The number of aryl methyl sites for hydroxylation is 1. The summed E-state index contributed by atoms with van der Waals surface area (Å²) in [5, 5.41) is 7.95. The van der Waals surface area contributed by atoms with Gasteiger partial charge in [-0.05, 0) is 49.4 Å². The lowest BCUT2D eigenvalue weighted by molar-refractivity contribution is 0.627. The van der Waals surface area contributed by atoms with Gasteiger partial charge in [-0.15, -0.1) is 0 Å². The van der Waals surface area contributed by atoms with Crippen molar-refractivity contribution in [1.29, 1.82) is 0 Å². The average Bonchev–Trinajstić information content (AvgIpc) is 2.87. The van der Waals surface area contributed by atoms with Crippen molar-refractivity contribution in [2.24, 2.45) is 5.10 Å². The van der Waals surface area contributed by atoms with Gasteiger partial charge in [0.2, 0.25) is 0 Å². The Bertz CT molecular complexity index is 993. The Morgan fingerprint density at radius 3 is 2.64 bits per heavy atom. The molecule has 5 nitrogen and oxygen atoms in total. The largest absolute Gasteiger partial charge is 0.295 e. The second kappa shape index (κ2) is 7.13. The summed E-state index contributed by atoms with van der Waals surface area (Å²) in [6.07, 6.45) is 1.39. The molecule has 128 valence electrons. The SMILES string of the molecule is Cc1[nH]n(-c2ccc(F)cc2)c(=O)c1/C=N/Nc1cc(Cl)ccc1Cl. The second-order valence-electron chi connectivity index (χ2n) is 5.26. The van der Waals surface area contributed by atoms with E-state index in [-0.39, 0.29) is 11.4 Å². The lowest BCUT2D eigenvalue weighted by Crippen LogP contribution is -2.17. The Morgan fingerprint density at radius 1 is 1.20 bits per heavy atom. The van der Waals surface area contributed by atoms with E-state index in [1.807, 2.05) is 0 Å². The van der Waals surface area contributed by atoms with Gasteiger partial charge in [0.05, 0.1) is 28.2 Å². The molecule has 0 spiro atoms. The molecule has 3 aromatic rings. The van der Waals surface area contributed by atoms with E-state index in [9.17, 15) is 9.18 Å². The number of rotatable bonds is 4. The fraction of sp³-hybridized carbons (Fsp3) is 0.0588. The van der Waals surface area contributed by atoms with Crippen LogP contribution in [0.25, 0.3) is 5.69 Å². The van der Waals surface area contributed by atoms with Crippen LogP contribution in [0, 0.1) is 12.7 Å². The molecular weight excluding hydrogens is 366 g/mol. The van der Waals surface area contributed by atoms with Gasteiger partial charge in [0.25, 0.3) is 5.56 Å². The summed E-state index contributed by atoms with van der Waals surface area (Å²) >= 11 is 11.9. The minimum absolute atomic E-state index is 0.299. The third-order valence-electron chi connectivity index (χ3n) is 3.51. The highest BCUT2D eigenvalue weighted by Crippen LogP contribution is 2.25. The molecule has 1 heterocycles. The highest BCUT2D eigenvalue weighted by Gasteiger charge is 2.10. The first-order valence-electron chi connectivity index (χ1n) is 7.27. The van der Waals surface area contributed by atoms with Gasteiger partial charge in [-0.2, -0.15) is 5.10 Å². The minimum Gasteiger partial charge on any atom is -0.295 e. The molecule has 0 unspecified atom stereocenters. The molecule has 25 heavy (non-hydrogen) atoms. The first kappa shape index (κ1) is 17.3. The molecule has 0 bridgehead atoms. The Kier molecular flexibility index (Phi) is 4.92. The highest BCUT2D eigenvalue weighted by molar-refractivity contribution is 6.35. The zero-order valence-electron chi connectivity index (χ0n) is 13.1. The molecule has 0 saturated heterocycles. The number of nitrogens with one attached hydrogen (secondary N) is 2. The number of aromatic amines is 1. The number of hydrogen-bond acceptors (Lipinski definition) is 3. The molecule has 2 aromatic carbocycles. The molecular formula is C17H13Cl2FN4O. The third-order valence-corrected chi connectivity index (χ3v) is 4.07. The second-order valence-corrected chi connectivity index (χ2v) is 6.11. The van der Waals surface area contributed by atoms with Crippen LogP contribution < -0.4 is 11.0 Å². The van der Waals surface area contributed by atoms with Crippen molar-refractivity contribution in [3.8, 4) is 5.69 Å². The van der Waals surface area contributed by atoms with E-state index >= 15 is 0 Å². The number of anilines is 1. The van der Waals surface area contributed by atoms with Crippen LogP contribution in [0.3, 0.4) is 0 Å². The number of hydrazone groups is 1. The first-order valence-corrected chi connectivity index (χ1v) is 8.03. The summed E-state index contributed by atoms with van der Waals surface area (Å²) in [4.78, 5) is 12.5. The van der Waals surface area contributed by atoms with Crippen molar-refractivity contribution in [2.45, 2.75) is 6.92 Å². The molecule has 0 aliphatic rings. The highest BCUT2D eigenvalue weighted by atomic mass is 35.5. The zero-order chi connectivity index (χ0) is 18.0. The molecule has 2 N–H and O–H groups in total.